The first-order valence-corrected chi connectivity index (χ1v) is 10.3. The number of nitrogens with one attached hydrogen (secondary N) is 2. The highest BCUT2D eigenvalue weighted by Gasteiger charge is 2.40. The van der Waals surface area contributed by atoms with E-state index in [0.717, 1.165) is 16.4 Å². The molecule has 1 aromatic rings. The molecule has 8 heteroatoms. The Morgan fingerprint density at radius 2 is 2.04 bits per heavy atom. The van der Waals surface area contributed by atoms with E-state index in [2.05, 4.69) is 15.6 Å². The number of hydrogen-bond acceptors (Lipinski definition) is 5. The Bertz CT molecular complexity index is 907. The van der Waals surface area contributed by atoms with Crippen LogP contribution in [-0.2, 0) is 9.59 Å². The summed E-state index contributed by atoms with van der Waals surface area (Å²) in [5, 5.41) is 8.84. The van der Waals surface area contributed by atoms with Gasteiger partial charge in [-0.25, -0.2) is 4.99 Å². The number of fused-ring (bicyclic) bond motifs is 1. The van der Waals surface area contributed by atoms with Crippen LogP contribution in [0.3, 0.4) is 0 Å². The second kappa shape index (κ2) is 8.41. The van der Waals surface area contributed by atoms with E-state index in [4.69, 9.17) is 11.6 Å². The molecule has 28 heavy (non-hydrogen) atoms. The Hall–Kier alpha value is -2.25. The van der Waals surface area contributed by atoms with E-state index in [0.29, 0.717) is 16.3 Å². The zero-order valence-corrected chi connectivity index (χ0v) is 17.8. The lowest BCUT2D eigenvalue weighted by Gasteiger charge is -2.37. The first kappa shape index (κ1) is 20.5. The number of carbonyl (C=O) groups is 2. The topological polar surface area (TPSA) is 73.8 Å². The number of halogens is 1. The third kappa shape index (κ3) is 3.95. The van der Waals surface area contributed by atoms with Gasteiger partial charge >= 0.3 is 0 Å². The van der Waals surface area contributed by atoms with Crippen molar-refractivity contribution in [3.63, 3.8) is 0 Å². The molecule has 0 saturated heterocycles. The second-order valence-electron chi connectivity index (χ2n) is 6.89. The highest BCUT2D eigenvalue weighted by molar-refractivity contribution is 8.16. The van der Waals surface area contributed by atoms with E-state index < -0.39 is 6.04 Å². The number of aliphatic imine (C=N–C) groups is 1. The lowest BCUT2D eigenvalue weighted by Crippen LogP contribution is -2.40. The maximum atomic E-state index is 12.7. The Kier molecular flexibility index (Phi) is 6.15. The fraction of sp³-hybridized carbons (Fsp3) is 0.350. The van der Waals surface area contributed by atoms with Crippen LogP contribution in [0.2, 0.25) is 5.02 Å². The van der Waals surface area contributed by atoms with Crippen molar-refractivity contribution in [3.8, 4) is 0 Å². The molecule has 0 bridgehead atoms. The van der Waals surface area contributed by atoms with Gasteiger partial charge in [-0.2, -0.15) is 0 Å². The first-order chi connectivity index (χ1) is 13.3. The highest BCUT2D eigenvalue weighted by Crippen LogP contribution is 2.45. The minimum atomic E-state index is -0.450. The van der Waals surface area contributed by atoms with Crippen LogP contribution in [0.1, 0.15) is 38.8 Å². The number of benzene rings is 1. The molecule has 2 amide bonds. The summed E-state index contributed by atoms with van der Waals surface area (Å²) in [5.41, 5.74) is 2.76. The molecular weight excluding hydrogens is 396 g/mol. The maximum absolute atomic E-state index is 12.7. The van der Waals surface area contributed by atoms with Gasteiger partial charge in [0.15, 0.2) is 5.17 Å². The molecule has 1 atom stereocenters. The van der Waals surface area contributed by atoms with Gasteiger partial charge in [-0.05, 0) is 37.8 Å². The van der Waals surface area contributed by atoms with Gasteiger partial charge in [0.2, 0.25) is 5.91 Å². The van der Waals surface area contributed by atoms with Crippen molar-refractivity contribution in [2.45, 2.75) is 39.3 Å². The van der Waals surface area contributed by atoms with Crippen LogP contribution in [0.15, 0.2) is 51.6 Å². The zero-order valence-electron chi connectivity index (χ0n) is 16.2. The largest absolute Gasteiger partial charge is 0.355 e. The zero-order chi connectivity index (χ0) is 20.4. The number of amidine groups is 1. The molecule has 6 nitrogen and oxygen atoms in total. The smallest absolute Gasteiger partial charge is 0.251 e. The quantitative estimate of drug-likeness (QED) is 0.766. The molecule has 148 valence electrons. The molecule has 0 spiro atoms. The van der Waals surface area contributed by atoms with Crippen LogP contribution in [0.4, 0.5) is 0 Å². The molecule has 1 aromatic carbocycles. The SMILES string of the molecule is CNC(=O)C1=C(C)N=C2SC=C(CC(=O)NC(C)C)N2C1c1ccccc1Cl. The van der Waals surface area contributed by atoms with Gasteiger partial charge in [0, 0.05) is 23.8 Å². The Balaban J connectivity index is 2.06. The molecule has 0 aromatic heterocycles. The Labute approximate surface area is 174 Å². The van der Waals surface area contributed by atoms with Crippen LogP contribution in [-0.4, -0.2) is 35.0 Å². The van der Waals surface area contributed by atoms with Crippen LogP contribution >= 0.6 is 23.4 Å². The summed E-state index contributed by atoms with van der Waals surface area (Å²) in [4.78, 5) is 31.7. The van der Waals surface area contributed by atoms with Gasteiger partial charge in [-0.15, -0.1) is 0 Å². The molecular formula is C20H23ClN4O2S. The average molecular weight is 419 g/mol. The summed E-state index contributed by atoms with van der Waals surface area (Å²) in [5.74, 6) is -0.290. The fourth-order valence-electron chi connectivity index (χ4n) is 3.32. The molecule has 0 aliphatic carbocycles. The predicted octanol–water partition coefficient (Wildman–Crippen LogP) is 3.58. The highest BCUT2D eigenvalue weighted by atomic mass is 35.5. The van der Waals surface area contributed by atoms with E-state index in [9.17, 15) is 9.59 Å². The van der Waals surface area contributed by atoms with Crippen molar-refractivity contribution in [2.75, 3.05) is 7.05 Å². The number of rotatable bonds is 5. The van der Waals surface area contributed by atoms with Gasteiger partial charge in [-0.1, -0.05) is 41.6 Å². The van der Waals surface area contributed by atoms with E-state index in [1.807, 2.05) is 49.3 Å². The third-order valence-corrected chi connectivity index (χ3v) is 5.70. The third-order valence-electron chi connectivity index (χ3n) is 4.46. The van der Waals surface area contributed by atoms with Gasteiger partial charge in [0.25, 0.3) is 5.91 Å². The minimum absolute atomic E-state index is 0.0552. The van der Waals surface area contributed by atoms with Gasteiger partial charge in [0.1, 0.15) is 0 Å². The van der Waals surface area contributed by atoms with E-state index in [-0.39, 0.29) is 24.3 Å². The molecule has 2 aliphatic heterocycles. The molecule has 0 saturated carbocycles. The molecule has 3 rings (SSSR count). The van der Waals surface area contributed by atoms with Crippen molar-refractivity contribution >= 4 is 40.3 Å². The first-order valence-electron chi connectivity index (χ1n) is 9.03. The van der Waals surface area contributed by atoms with E-state index in [1.165, 1.54) is 11.8 Å². The van der Waals surface area contributed by atoms with Crippen molar-refractivity contribution in [1.29, 1.82) is 0 Å². The Morgan fingerprint density at radius 1 is 1.32 bits per heavy atom. The molecule has 2 N–H and O–H groups in total. The van der Waals surface area contributed by atoms with Gasteiger partial charge < -0.3 is 15.5 Å². The maximum Gasteiger partial charge on any atom is 0.251 e. The van der Waals surface area contributed by atoms with Crippen molar-refractivity contribution in [2.24, 2.45) is 4.99 Å². The lowest BCUT2D eigenvalue weighted by molar-refractivity contribution is -0.121. The van der Waals surface area contributed by atoms with Crippen molar-refractivity contribution in [1.82, 2.24) is 15.5 Å². The number of thioether (sulfide) groups is 1. The molecule has 0 fully saturated rings. The summed E-state index contributed by atoms with van der Waals surface area (Å²) in [7, 11) is 1.59. The summed E-state index contributed by atoms with van der Waals surface area (Å²) in [6.45, 7) is 5.67. The number of amides is 2. The number of allylic oxidation sites excluding steroid dienone is 1. The Morgan fingerprint density at radius 3 is 2.68 bits per heavy atom. The molecule has 2 heterocycles. The summed E-state index contributed by atoms with van der Waals surface area (Å²) < 4.78 is 0. The molecule has 0 radical (unpaired) electrons. The summed E-state index contributed by atoms with van der Waals surface area (Å²) >= 11 is 7.95. The number of nitrogens with zero attached hydrogens (tertiary/aromatic N) is 2. The second-order valence-corrected chi connectivity index (χ2v) is 8.14. The number of hydrogen-bond donors (Lipinski definition) is 2. The normalized spacial score (nSPS) is 18.6. The van der Waals surface area contributed by atoms with E-state index in [1.54, 1.807) is 13.1 Å². The predicted molar refractivity (Wildman–Crippen MR) is 114 cm³/mol. The summed E-state index contributed by atoms with van der Waals surface area (Å²) in [6.07, 6.45) is 0.200. The fourth-order valence-corrected chi connectivity index (χ4v) is 4.53. The van der Waals surface area contributed by atoms with Crippen LogP contribution in [0.5, 0.6) is 0 Å². The molecule has 2 aliphatic rings. The monoisotopic (exact) mass is 418 g/mol. The van der Waals surface area contributed by atoms with Gasteiger partial charge in [-0.3, -0.25) is 9.59 Å². The lowest BCUT2D eigenvalue weighted by atomic mass is 9.93. The van der Waals surface area contributed by atoms with Crippen LogP contribution < -0.4 is 10.6 Å². The average Bonchev–Trinajstić information content (AvgIpc) is 3.02. The van der Waals surface area contributed by atoms with Crippen LogP contribution in [0.25, 0.3) is 0 Å². The van der Waals surface area contributed by atoms with Crippen molar-refractivity contribution in [3.05, 3.63) is 57.2 Å². The molecule has 1 unspecified atom stereocenters. The minimum Gasteiger partial charge on any atom is -0.355 e. The number of likely N-dealkylation sites (N-methyl/N-ethyl adjacent to an activating group) is 1. The van der Waals surface area contributed by atoms with Crippen LogP contribution in [0, 0.1) is 0 Å². The van der Waals surface area contributed by atoms with Gasteiger partial charge in [0.05, 0.1) is 23.7 Å². The summed E-state index contributed by atoms with van der Waals surface area (Å²) in [6, 6.07) is 7.05. The van der Waals surface area contributed by atoms with E-state index >= 15 is 0 Å². The number of carbonyl (C=O) groups excluding carboxylic acids is 2. The standard InChI is InChI=1S/C20H23ClN4O2S/c1-11(2)23-16(26)9-13-10-28-20-24-12(3)17(19(27)22-4)18(25(13)20)14-7-5-6-8-15(14)21/h5-8,10-11,18H,9H2,1-4H3,(H,22,27)(H,23,26). The van der Waals surface area contributed by atoms with Crippen molar-refractivity contribution < 1.29 is 9.59 Å².